The molecular formula is C22H28IN5O. The molecule has 0 atom stereocenters. The van der Waals surface area contributed by atoms with Gasteiger partial charge in [0.05, 0.1) is 25.5 Å². The van der Waals surface area contributed by atoms with Crippen LogP contribution in [-0.2, 0) is 13.0 Å². The molecule has 0 spiro atoms. The van der Waals surface area contributed by atoms with Crippen LogP contribution < -0.4 is 15.4 Å². The Labute approximate surface area is 189 Å². The molecule has 7 heteroatoms. The molecule has 0 unspecified atom stereocenters. The van der Waals surface area contributed by atoms with Crippen LogP contribution in [0.5, 0.6) is 5.75 Å². The van der Waals surface area contributed by atoms with Gasteiger partial charge in [-0.3, -0.25) is 0 Å². The molecule has 0 saturated heterocycles. The maximum absolute atomic E-state index is 5.40. The molecule has 0 amide bonds. The van der Waals surface area contributed by atoms with Crippen molar-refractivity contribution in [3.05, 3.63) is 78.1 Å². The first-order valence-electron chi connectivity index (χ1n) is 9.53. The number of hydrogen-bond donors (Lipinski definition) is 2. The fourth-order valence-electron chi connectivity index (χ4n) is 2.88. The van der Waals surface area contributed by atoms with Crippen molar-refractivity contribution in [2.75, 3.05) is 20.2 Å². The Morgan fingerprint density at radius 1 is 1.07 bits per heavy atom. The number of rotatable bonds is 8. The summed E-state index contributed by atoms with van der Waals surface area (Å²) in [6, 6.07) is 18.1. The number of hydrogen-bond acceptors (Lipinski definition) is 3. The lowest BCUT2D eigenvalue weighted by Gasteiger charge is -2.11. The van der Waals surface area contributed by atoms with E-state index in [1.54, 1.807) is 7.11 Å². The van der Waals surface area contributed by atoms with Crippen LogP contribution in [0.4, 0.5) is 0 Å². The van der Waals surface area contributed by atoms with Crippen molar-refractivity contribution in [3.8, 4) is 11.4 Å². The molecule has 0 aliphatic heterocycles. The second-order valence-corrected chi connectivity index (χ2v) is 6.31. The minimum atomic E-state index is 0. The van der Waals surface area contributed by atoms with Gasteiger partial charge in [-0.05, 0) is 37.1 Å². The molecule has 0 saturated carbocycles. The van der Waals surface area contributed by atoms with E-state index in [1.165, 1.54) is 5.56 Å². The van der Waals surface area contributed by atoms with E-state index < -0.39 is 0 Å². The molecule has 3 rings (SSSR count). The SMILES string of the molecule is CCNC(=NCc1ccccc1OC)NCCc1cnn(-c2ccccc2)c1.I. The zero-order chi connectivity index (χ0) is 19.6. The molecule has 2 aromatic carbocycles. The van der Waals surface area contributed by atoms with Crippen molar-refractivity contribution in [2.45, 2.75) is 19.9 Å². The standard InChI is InChI=1S/C22H27N5O.HI/c1-3-23-22(25-16-19-9-7-8-12-21(19)28-2)24-14-13-18-15-26-27(17-18)20-10-5-4-6-11-20;/h4-12,15,17H,3,13-14,16H2,1-2H3,(H2,23,24,25);1H. The summed E-state index contributed by atoms with van der Waals surface area (Å²) in [5.74, 6) is 1.65. The highest BCUT2D eigenvalue weighted by molar-refractivity contribution is 14.0. The summed E-state index contributed by atoms with van der Waals surface area (Å²) < 4.78 is 7.30. The second-order valence-electron chi connectivity index (χ2n) is 6.31. The van der Waals surface area contributed by atoms with Gasteiger partial charge in [-0.15, -0.1) is 24.0 Å². The molecule has 1 heterocycles. The van der Waals surface area contributed by atoms with Crippen LogP contribution in [-0.4, -0.2) is 35.9 Å². The van der Waals surface area contributed by atoms with Gasteiger partial charge in [0.1, 0.15) is 5.75 Å². The van der Waals surface area contributed by atoms with Gasteiger partial charge in [0, 0.05) is 24.8 Å². The summed E-state index contributed by atoms with van der Waals surface area (Å²) in [6.45, 7) is 4.21. The van der Waals surface area contributed by atoms with Gasteiger partial charge in [-0.1, -0.05) is 36.4 Å². The van der Waals surface area contributed by atoms with Crippen molar-refractivity contribution >= 4 is 29.9 Å². The summed E-state index contributed by atoms with van der Waals surface area (Å²) in [5.41, 5.74) is 3.30. The monoisotopic (exact) mass is 505 g/mol. The summed E-state index contributed by atoms with van der Waals surface area (Å²) in [5, 5.41) is 11.1. The molecule has 1 aromatic heterocycles. The molecule has 29 heavy (non-hydrogen) atoms. The maximum atomic E-state index is 5.40. The quantitative estimate of drug-likeness (QED) is 0.278. The van der Waals surface area contributed by atoms with Crippen molar-refractivity contribution in [2.24, 2.45) is 4.99 Å². The minimum absolute atomic E-state index is 0. The van der Waals surface area contributed by atoms with Gasteiger partial charge < -0.3 is 15.4 Å². The molecule has 0 aliphatic rings. The number of guanidine groups is 1. The van der Waals surface area contributed by atoms with Crippen LogP contribution in [0, 0.1) is 0 Å². The normalized spacial score (nSPS) is 10.9. The molecular weight excluding hydrogens is 477 g/mol. The predicted molar refractivity (Wildman–Crippen MR) is 128 cm³/mol. The number of nitrogens with zero attached hydrogens (tertiary/aromatic N) is 3. The fraction of sp³-hybridized carbons (Fsp3) is 0.273. The lowest BCUT2D eigenvalue weighted by Crippen LogP contribution is -2.38. The van der Waals surface area contributed by atoms with Crippen LogP contribution in [0.25, 0.3) is 5.69 Å². The Kier molecular flexibility index (Phi) is 9.49. The lowest BCUT2D eigenvalue weighted by atomic mass is 10.2. The Bertz CT molecular complexity index is 895. The molecule has 0 radical (unpaired) electrons. The highest BCUT2D eigenvalue weighted by Gasteiger charge is 2.04. The van der Waals surface area contributed by atoms with Crippen molar-refractivity contribution in [1.29, 1.82) is 0 Å². The van der Waals surface area contributed by atoms with E-state index in [2.05, 4.69) is 33.8 Å². The number of ether oxygens (including phenoxy) is 1. The first kappa shape index (κ1) is 22.7. The predicted octanol–water partition coefficient (Wildman–Crippen LogP) is 3.80. The van der Waals surface area contributed by atoms with Crippen LogP contribution >= 0.6 is 24.0 Å². The second kappa shape index (κ2) is 12.1. The minimum Gasteiger partial charge on any atom is -0.496 e. The largest absolute Gasteiger partial charge is 0.496 e. The highest BCUT2D eigenvalue weighted by atomic mass is 127. The van der Waals surface area contributed by atoms with E-state index in [9.17, 15) is 0 Å². The van der Waals surface area contributed by atoms with Gasteiger partial charge in [-0.25, -0.2) is 9.67 Å². The van der Waals surface area contributed by atoms with Crippen LogP contribution in [0.15, 0.2) is 72.0 Å². The molecule has 0 aliphatic carbocycles. The van der Waals surface area contributed by atoms with Gasteiger partial charge in [-0.2, -0.15) is 5.10 Å². The number of methoxy groups -OCH3 is 1. The zero-order valence-corrected chi connectivity index (χ0v) is 19.2. The van der Waals surface area contributed by atoms with Gasteiger partial charge in [0.2, 0.25) is 0 Å². The Balaban J connectivity index is 0.00000300. The summed E-state index contributed by atoms with van der Waals surface area (Å²) in [4.78, 5) is 4.67. The number of halogens is 1. The molecule has 0 bridgehead atoms. The highest BCUT2D eigenvalue weighted by Crippen LogP contribution is 2.17. The van der Waals surface area contributed by atoms with Crippen LogP contribution in [0.1, 0.15) is 18.1 Å². The van der Waals surface area contributed by atoms with Crippen LogP contribution in [0.2, 0.25) is 0 Å². The summed E-state index contributed by atoms with van der Waals surface area (Å²) in [7, 11) is 1.68. The van der Waals surface area contributed by atoms with E-state index in [0.717, 1.165) is 42.5 Å². The smallest absolute Gasteiger partial charge is 0.191 e. The van der Waals surface area contributed by atoms with Gasteiger partial charge in [0.15, 0.2) is 5.96 Å². The number of nitrogens with one attached hydrogen (secondary N) is 2. The summed E-state index contributed by atoms with van der Waals surface area (Å²) in [6.07, 6.45) is 4.84. The maximum Gasteiger partial charge on any atom is 0.191 e. The van der Waals surface area contributed by atoms with E-state index >= 15 is 0 Å². The third-order valence-electron chi connectivity index (χ3n) is 4.31. The van der Waals surface area contributed by atoms with Crippen molar-refractivity contribution < 1.29 is 4.74 Å². The first-order chi connectivity index (χ1) is 13.8. The molecule has 3 aromatic rings. The Hall–Kier alpha value is -2.55. The first-order valence-corrected chi connectivity index (χ1v) is 9.53. The zero-order valence-electron chi connectivity index (χ0n) is 16.8. The molecule has 2 N–H and O–H groups in total. The van der Waals surface area contributed by atoms with Crippen molar-refractivity contribution in [3.63, 3.8) is 0 Å². The van der Waals surface area contributed by atoms with E-state index in [1.807, 2.05) is 65.5 Å². The topological polar surface area (TPSA) is 63.5 Å². The number of benzene rings is 2. The Morgan fingerprint density at radius 3 is 2.59 bits per heavy atom. The average Bonchev–Trinajstić information content (AvgIpc) is 3.22. The summed E-state index contributed by atoms with van der Waals surface area (Å²) >= 11 is 0. The van der Waals surface area contributed by atoms with E-state index in [0.29, 0.717) is 6.54 Å². The number of aromatic nitrogens is 2. The number of para-hydroxylation sites is 2. The van der Waals surface area contributed by atoms with Gasteiger partial charge in [0.25, 0.3) is 0 Å². The lowest BCUT2D eigenvalue weighted by molar-refractivity contribution is 0.410. The average molecular weight is 505 g/mol. The number of aliphatic imine (C=N–C) groups is 1. The molecule has 154 valence electrons. The third kappa shape index (κ3) is 6.77. The Morgan fingerprint density at radius 2 is 1.83 bits per heavy atom. The van der Waals surface area contributed by atoms with Crippen LogP contribution in [0.3, 0.4) is 0 Å². The molecule has 6 nitrogen and oxygen atoms in total. The van der Waals surface area contributed by atoms with E-state index in [4.69, 9.17) is 4.74 Å². The fourth-order valence-corrected chi connectivity index (χ4v) is 2.88. The van der Waals surface area contributed by atoms with Gasteiger partial charge >= 0.3 is 0 Å². The third-order valence-corrected chi connectivity index (χ3v) is 4.31. The molecule has 0 fully saturated rings. The van der Waals surface area contributed by atoms with Crippen molar-refractivity contribution in [1.82, 2.24) is 20.4 Å². The van der Waals surface area contributed by atoms with E-state index in [-0.39, 0.29) is 24.0 Å².